The topological polar surface area (TPSA) is 58.9 Å². The van der Waals surface area contributed by atoms with Crippen molar-refractivity contribution in [3.63, 3.8) is 0 Å². The molecule has 0 aliphatic rings. The maximum absolute atomic E-state index is 12.2. The van der Waals surface area contributed by atoms with Gasteiger partial charge in [0.05, 0.1) is 5.52 Å². The Morgan fingerprint density at radius 3 is 2.84 bits per heavy atom. The first-order chi connectivity index (χ1) is 9.13. The first-order valence-electron chi connectivity index (χ1n) is 6.48. The highest BCUT2D eigenvalue weighted by Crippen LogP contribution is 2.17. The van der Waals surface area contributed by atoms with Crippen LogP contribution < -0.4 is 10.6 Å². The summed E-state index contributed by atoms with van der Waals surface area (Å²) < 4.78 is 1.74. The predicted molar refractivity (Wildman–Crippen MR) is 76.1 cm³/mol. The molecule has 0 spiro atoms. The summed E-state index contributed by atoms with van der Waals surface area (Å²) in [6.07, 6.45) is 0. The summed E-state index contributed by atoms with van der Waals surface area (Å²) in [6, 6.07) is 7.75. The second-order valence-corrected chi connectivity index (χ2v) is 4.86. The van der Waals surface area contributed by atoms with E-state index in [4.69, 9.17) is 0 Å². The highest BCUT2D eigenvalue weighted by molar-refractivity contribution is 6.04. The van der Waals surface area contributed by atoms with Crippen molar-refractivity contribution in [2.45, 2.75) is 6.92 Å². The van der Waals surface area contributed by atoms with Crippen molar-refractivity contribution >= 4 is 16.8 Å². The summed E-state index contributed by atoms with van der Waals surface area (Å²) in [5, 5.41) is 11.2. The van der Waals surface area contributed by atoms with E-state index in [-0.39, 0.29) is 5.91 Å². The molecular formula is C14H20N4O. The molecule has 0 aliphatic carbocycles. The Labute approximate surface area is 113 Å². The van der Waals surface area contributed by atoms with Crippen LogP contribution in [0.4, 0.5) is 0 Å². The van der Waals surface area contributed by atoms with E-state index < -0.39 is 0 Å². The van der Waals surface area contributed by atoms with Gasteiger partial charge in [-0.05, 0) is 25.6 Å². The molecule has 19 heavy (non-hydrogen) atoms. The van der Waals surface area contributed by atoms with Crippen molar-refractivity contribution in [3.05, 3.63) is 30.0 Å². The Bertz CT molecular complexity index is 576. The molecule has 0 fully saturated rings. The number of nitrogens with zero attached hydrogens (tertiary/aromatic N) is 2. The van der Waals surface area contributed by atoms with E-state index in [1.807, 2.05) is 38.4 Å². The molecule has 5 nitrogen and oxygen atoms in total. The van der Waals surface area contributed by atoms with Gasteiger partial charge in [-0.25, -0.2) is 0 Å². The Kier molecular flexibility index (Phi) is 4.16. The van der Waals surface area contributed by atoms with Gasteiger partial charge in [-0.2, -0.15) is 5.10 Å². The van der Waals surface area contributed by atoms with Crippen molar-refractivity contribution < 1.29 is 4.79 Å². The summed E-state index contributed by atoms with van der Waals surface area (Å²) in [5.41, 5.74) is 1.46. The van der Waals surface area contributed by atoms with Gasteiger partial charge in [0.25, 0.3) is 5.91 Å². The van der Waals surface area contributed by atoms with Crippen LogP contribution in [0, 0.1) is 5.92 Å². The van der Waals surface area contributed by atoms with Crippen molar-refractivity contribution in [1.82, 2.24) is 20.4 Å². The largest absolute Gasteiger partial charge is 0.350 e. The van der Waals surface area contributed by atoms with Crippen LogP contribution in [0.15, 0.2) is 24.3 Å². The van der Waals surface area contributed by atoms with E-state index in [0.29, 0.717) is 18.2 Å². The molecular weight excluding hydrogens is 240 g/mol. The number of rotatable bonds is 5. The summed E-state index contributed by atoms with van der Waals surface area (Å²) in [7, 11) is 3.76. The van der Waals surface area contributed by atoms with E-state index in [1.165, 1.54) is 0 Å². The van der Waals surface area contributed by atoms with Crippen LogP contribution in [0.5, 0.6) is 0 Å². The molecule has 1 heterocycles. The van der Waals surface area contributed by atoms with Gasteiger partial charge in [0.2, 0.25) is 0 Å². The minimum Gasteiger partial charge on any atom is -0.350 e. The number of nitrogens with one attached hydrogen (secondary N) is 2. The van der Waals surface area contributed by atoms with Crippen LogP contribution in [0.2, 0.25) is 0 Å². The number of aryl methyl sites for hydroxylation is 1. The van der Waals surface area contributed by atoms with Crippen molar-refractivity contribution in [2.75, 3.05) is 20.1 Å². The van der Waals surface area contributed by atoms with Crippen LogP contribution in [0.3, 0.4) is 0 Å². The lowest BCUT2D eigenvalue weighted by atomic mass is 10.1. The van der Waals surface area contributed by atoms with Crippen molar-refractivity contribution in [2.24, 2.45) is 13.0 Å². The Morgan fingerprint density at radius 1 is 1.37 bits per heavy atom. The van der Waals surface area contributed by atoms with Gasteiger partial charge in [-0.15, -0.1) is 0 Å². The standard InChI is InChI=1S/C14H20N4O/c1-10(8-15-2)9-16-14(19)13-11-6-4-5-7-12(11)18(3)17-13/h4-7,10,15H,8-9H2,1-3H3,(H,16,19). The van der Waals surface area contributed by atoms with Gasteiger partial charge in [-0.3, -0.25) is 9.48 Å². The van der Waals surface area contributed by atoms with Gasteiger partial charge >= 0.3 is 0 Å². The molecule has 0 saturated carbocycles. The van der Waals surface area contributed by atoms with Crippen LogP contribution in [0.25, 0.3) is 10.9 Å². The molecule has 1 aromatic heterocycles. The van der Waals surface area contributed by atoms with Gasteiger partial charge < -0.3 is 10.6 Å². The maximum Gasteiger partial charge on any atom is 0.272 e. The van der Waals surface area contributed by atoms with E-state index in [0.717, 1.165) is 17.4 Å². The van der Waals surface area contributed by atoms with E-state index in [2.05, 4.69) is 22.7 Å². The SMILES string of the molecule is CNCC(C)CNC(=O)c1nn(C)c2ccccc12. The normalized spacial score (nSPS) is 12.6. The third-order valence-corrected chi connectivity index (χ3v) is 3.14. The number of fused-ring (bicyclic) bond motifs is 1. The molecule has 0 bridgehead atoms. The smallest absolute Gasteiger partial charge is 0.272 e. The lowest BCUT2D eigenvalue weighted by Gasteiger charge is -2.11. The lowest BCUT2D eigenvalue weighted by Crippen LogP contribution is -2.32. The fourth-order valence-electron chi connectivity index (χ4n) is 2.15. The predicted octanol–water partition coefficient (Wildman–Crippen LogP) is 1.16. The third kappa shape index (κ3) is 2.93. The van der Waals surface area contributed by atoms with Gasteiger partial charge in [-0.1, -0.05) is 25.1 Å². The summed E-state index contributed by atoms with van der Waals surface area (Å²) in [5.74, 6) is 0.281. The number of para-hydroxylation sites is 1. The second kappa shape index (κ2) is 5.84. The third-order valence-electron chi connectivity index (χ3n) is 3.14. The fraction of sp³-hybridized carbons (Fsp3) is 0.429. The zero-order valence-electron chi connectivity index (χ0n) is 11.6. The highest BCUT2D eigenvalue weighted by Gasteiger charge is 2.15. The molecule has 2 aromatic rings. The summed E-state index contributed by atoms with van der Waals surface area (Å²) in [6.45, 7) is 3.61. The Hall–Kier alpha value is -1.88. The molecule has 1 atom stereocenters. The van der Waals surface area contributed by atoms with Crippen LogP contribution in [-0.4, -0.2) is 35.8 Å². The highest BCUT2D eigenvalue weighted by atomic mass is 16.1. The van der Waals surface area contributed by atoms with Crippen molar-refractivity contribution in [3.8, 4) is 0 Å². The molecule has 1 amide bonds. The number of hydrogen-bond donors (Lipinski definition) is 2. The van der Waals surface area contributed by atoms with Crippen molar-refractivity contribution in [1.29, 1.82) is 0 Å². The Balaban J connectivity index is 2.13. The Morgan fingerprint density at radius 2 is 2.11 bits per heavy atom. The van der Waals surface area contributed by atoms with Crippen LogP contribution in [0.1, 0.15) is 17.4 Å². The minimum absolute atomic E-state index is 0.111. The molecule has 102 valence electrons. The monoisotopic (exact) mass is 260 g/mol. The zero-order valence-corrected chi connectivity index (χ0v) is 11.6. The fourth-order valence-corrected chi connectivity index (χ4v) is 2.15. The van der Waals surface area contributed by atoms with E-state index in [9.17, 15) is 4.79 Å². The zero-order chi connectivity index (χ0) is 13.8. The summed E-state index contributed by atoms with van der Waals surface area (Å²) >= 11 is 0. The number of benzene rings is 1. The summed E-state index contributed by atoms with van der Waals surface area (Å²) in [4.78, 5) is 12.2. The molecule has 0 saturated heterocycles. The van der Waals surface area contributed by atoms with Gasteiger partial charge in [0, 0.05) is 19.0 Å². The quantitative estimate of drug-likeness (QED) is 0.848. The molecule has 0 radical (unpaired) electrons. The number of carbonyl (C=O) groups excluding carboxylic acids is 1. The second-order valence-electron chi connectivity index (χ2n) is 4.86. The maximum atomic E-state index is 12.2. The van der Waals surface area contributed by atoms with Gasteiger partial charge in [0.15, 0.2) is 5.69 Å². The van der Waals surface area contributed by atoms with E-state index >= 15 is 0 Å². The number of aromatic nitrogens is 2. The molecule has 2 N–H and O–H groups in total. The molecule has 2 rings (SSSR count). The number of hydrogen-bond acceptors (Lipinski definition) is 3. The first-order valence-corrected chi connectivity index (χ1v) is 6.48. The number of amides is 1. The van der Waals surface area contributed by atoms with Gasteiger partial charge in [0.1, 0.15) is 0 Å². The first kappa shape index (κ1) is 13.5. The molecule has 5 heteroatoms. The average Bonchev–Trinajstić information content (AvgIpc) is 2.75. The minimum atomic E-state index is -0.111. The molecule has 1 aromatic carbocycles. The van der Waals surface area contributed by atoms with E-state index in [1.54, 1.807) is 4.68 Å². The average molecular weight is 260 g/mol. The number of carbonyl (C=O) groups is 1. The van der Waals surface area contributed by atoms with Crippen LogP contribution in [-0.2, 0) is 7.05 Å². The molecule has 1 unspecified atom stereocenters. The van der Waals surface area contributed by atoms with Crippen LogP contribution >= 0.6 is 0 Å². The molecule has 0 aliphatic heterocycles. The lowest BCUT2D eigenvalue weighted by molar-refractivity contribution is 0.0944.